The van der Waals surface area contributed by atoms with Gasteiger partial charge < -0.3 is 10.4 Å². The number of pyridine rings is 1. The summed E-state index contributed by atoms with van der Waals surface area (Å²) in [5.74, 6) is 0.251. The van der Waals surface area contributed by atoms with Crippen LogP contribution in [0.25, 0.3) is 16.9 Å². The number of imidazole rings is 1. The van der Waals surface area contributed by atoms with Gasteiger partial charge in [0.15, 0.2) is 5.65 Å². The fraction of sp³-hybridized carbons (Fsp3) is 0.353. The fourth-order valence-corrected chi connectivity index (χ4v) is 3.10. The third-order valence-corrected chi connectivity index (χ3v) is 4.43. The standard InChI is InChI=1S/C17H18FN5O/c18-15-6-1-11(9-19-15)14-10-20-17-8-7-16(22-23(14)17)21-12-2-4-13(24)5-3-12/h1,6-10,12-13,24H,2-5H2,(H,21,22)/t12-,13-. The number of rotatable bonds is 3. The predicted octanol–water partition coefficient (Wildman–Crippen LogP) is 2.65. The molecule has 0 radical (unpaired) electrons. The first-order chi connectivity index (χ1) is 11.7. The van der Waals surface area contributed by atoms with Gasteiger partial charge in [0, 0.05) is 17.8 Å². The van der Waals surface area contributed by atoms with Crippen LogP contribution in [0.15, 0.2) is 36.7 Å². The van der Waals surface area contributed by atoms with Crippen LogP contribution in [-0.2, 0) is 0 Å². The lowest BCUT2D eigenvalue weighted by molar-refractivity contribution is 0.126. The van der Waals surface area contributed by atoms with Gasteiger partial charge in [0.1, 0.15) is 5.82 Å². The number of hydrogen-bond acceptors (Lipinski definition) is 5. The maximum atomic E-state index is 13.0. The smallest absolute Gasteiger partial charge is 0.212 e. The second-order valence-electron chi connectivity index (χ2n) is 6.15. The first-order valence-electron chi connectivity index (χ1n) is 8.10. The molecule has 0 aromatic carbocycles. The number of aromatic nitrogens is 4. The van der Waals surface area contributed by atoms with Crippen molar-refractivity contribution in [2.24, 2.45) is 0 Å². The van der Waals surface area contributed by atoms with Gasteiger partial charge in [-0.25, -0.2) is 14.5 Å². The highest BCUT2D eigenvalue weighted by Gasteiger charge is 2.19. The van der Waals surface area contributed by atoms with Crippen molar-refractivity contribution in [3.05, 3.63) is 42.6 Å². The lowest BCUT2D eigenvalue weighted by Gasteiger charge is -2.26. The number of halogens is 1. The van der Waals surface area contributed by atoms with E-state index in [1.807, 2.05) is 12.1 Å². The zero-order valence-electron chi connectivity index (χ0n) is 13.1. The maximum Gasteiger partial charge on any atom is 0.212 e. The van der Waals surface area contributed by atoms with Crippen molar-refractivity contribution < 1.29 is 9.50 Å². The molecule has 4 rings (SSSR count). The van der Waals surface area contributed by atoms with Crippen molar-refractivity contribution in [2.45, 2.75) is 37.8 Å². The lowest BCUT2D eigenvalue weighted by Crippen LogP contribution is -2.28. The van der Waals surface area contributed by atoms with Crippen molar-refractivity contribution in [1.82, 2.24) is 19.6 Å². The molecule has 0 spiro atoms. The van der Waals surface area contributed by atoms with E-state index in [1.54, 1.807) is 16.8 Å². The molecule has 3 aromatic rings. The fourth-order valence-electron chi connectivity index (χ4n) is 3.10. The van der Waals surface area contributed by atoms with Crippen LogP contribution in [0.5, 0.6) is 0 Å². The molecule has 0 amide bonds. The minimum absolute atomic E-state index is 0.176. The van der Waals surface area contributed by atoms with E-state index in [0.29, 0.717) is 6.04 Å². The number of hydrogen-bond donors (Lipinski definition) is 2. The molecule has 0 aliphatic heterocycles. The number of nitrogens with one attached hydrogen (secondary N) is 1. The molecule has 0 saturated heterocycles. The topological polar surface area (TPSA) is 75.3 Å². The highest BCUT2D eigenvalue weighted by Crippen LogP contribution is 2.23. The van der Waals surface area contributed by atoms with Gasteiger partial charge in [0.05, 0.1) is 18.0 Å². The van der Waals surface area contributed by atoms with E-state index in [1.165, 1.54) is 12.3 Å². The molecule has 0 bridgehead atoms. The molecule has 1 aliphatic carbocycles. The van der Waals surface area contributed by atoms with Crippen LogP contribution in [-0.4, -0.2) is 36.8 Å². The summed E-state index contributed by atoms with van der Waals surface area (Å²) in [5, 5.41) is 17.6. The van der Waals surface area contributed by atoms with E-state index < -0.39 is 5.95 Å². The van der Waals surface area contributed by atoms with E-state index in [4.69, 9.17) is 0 Å². The molecule has 1 saturated carbocycles. The predicted molar refractivity (Wildman–Crippen MR) is 88.1 cm³/mol. The van der Waals surface area contributed by atoms with Gasteiger partial charge in [-0.3, -0.25) is 0 Å². The van der Waals surface area contributed by atoms with E-state index in [-0.39, 0.29) is 6.10 Å². The molecular formula is C17H18FN5O. The summed E-state index contributed by atoms with van der Waals surface area (Å²) >= 11 is 0. The third kappa shape index (κ3) is 2.94. The average Bonchev–Trinajstić information content (AvgIpc) is 3.01. The zero-order valence-corrected chi connectivity index (χ0v) is 13.1. The molecule has 2 N–H and O–H groups in total. The highest BCUT2D eigenvalue weighted by atomic mass is 19.1. The molecule has 3 aromatic heterocycles. The van der Waals surface area contributed by atoms with Gasteiger partial charge >= 0.3 is 0 Å². The van der Waals surface area contributed by atoms with E-state index in [2.05, 4.69) is 20.4 Å². The van der Waals surface area contributed by atoms with Crippen LogP contribution in [0.1, 0.15) is 25.7 Å². The normalized spacial score (nSPS) is 21.1. The Hall–Kier alpha value is -2.54. The average molecular weight is 327 g/mol. The molecular weight excluding hydrogens is 309 g/mol. The Morgan fingerprint density at radius 3 is 2.62 bits per heavy atom. The summed E-state index contributed by atoms with van der Waals surface area (Å²) in [5.41, 5.74) is 2.24. The van der Waals surface area contributed by atoms with Crippen molar-refractivity contribution in [3.8, 4) is 11.3 Å². The molecule has 7 heteroatoms. The molecule has 124 valence electrons. The third-order valence-electron chi connectivity index (χ3n) is 4.43. The van der Waals surface area contributed by atoms with E-state index in [0.717, 1.165) is 48.4 Å². The Balaban J connectivity index is 1.62. The van der Waals surface area contributed by atoms with Crippen molar-refractivity contribution in [2.75, 3.05) is 5.32 Å². The van der Waals surface area contributed by atoms with Crippen LogP contribution >= 0.6 is 0 Å². The summed E-state index contributed by atoms with van der Waals surface area (Å²) in [6.07, 6.45) is 6.50. The molecule has 3 heterocycles. The van der Waals surface area contributed by atoms with Gasteiger partial charge in [-0.15, -0.1) is 5.10 Å². The number of nitrogens with zero attached hydrogens (tertiary/aromatic N) is 4. The Morgan fingerprint density at radius 2 is 1.88 bits per heavy atom. The number of anilines is 1. The van der Waals surface area contributed by atoms with Crippen molar-refractivity contribution in [1.29, 1.82) is 0 Å². The second kappa shape index (κ2) is 6.16. The molecule has 24 heavy (non-hydrogen) atoms. The summed E-state index contributed by atoms with van der Waals surface area (Å²) in [6.45, 7) is 0. The highest BCUT2D eigenvalue weighted by molar-refractivity contribution is 5.62. The number of aliphatic hydroxyl groups excluding tert-OH is 1. The van der Waals surface area contributed by atoms with Crippen molar-refractivity contribution >= 4 is 11.5 Å². The quantitative estimate of drug-likeness (QED) is 0.723. The minimum atomic E-state index is -0.512. The number of fused-ring (bicyclic) bond motifs is 1. The van der Waals surface area contributed by atoms with Gasteiger partial charge in [-0.1, -0.05) is 0 Å². The van der Waals surface area contributed by atoms with Gasteiger partial charge in [0.2, 0.25) is 5.95 Å². The van der Waals surface area contributed by atoms with Gasteiger partial charge in [-0.05, 0) is 49.9 Å². The summed E-state index contributed by atoms with van der Waals surface area (Å²) < 4.78 is 14.7. The van der Waals surface area contributed by atoms with Crippen LogP contribution in [0, 0.1) is 5.95 Å². The van der Waals surface area contributed by atoms with Crippen LogP contribution in [0.3, 0.4) is 0 Å². The largest absolute Gasteiger partial charge is 0.393 e. The van der Waals surface area contributed by atoms with Gasteiger partial charge in [0.25, 0.3) is 0 Å². The van der Waals surface area contributed by atoms with Gasteiger partial charge in [-0.2, -0.15) is 4.39 Å². The Morgan fingerprint density at radius 1 is 1.04 bits per heavy atom. The first-order valence-corrected chi connectivity index (χ1v) is 8.10. The van der Waals surface area contributed by atoms with Crippen LogP contribution in [0.2, 0.25) is 0 Å². The summed E-state index contributed by atoms with van der Waals surface area (Å²) in [4.78, 5) is 8.02. The van der Waals surface area contributed by atoms with Crippen molar-refractivity contribution in [3.63, 3.8) is 0 Å². The second-order valence-corrected chi connectivity index (χ2v) is 6.15. The van der Waals surface area contributed by atoms with Crippen LogP contribution < -0.4 is 5.32 Å². The molecule has 1 aliphatic rings. The maximum absolute atomic E-state index is 13.0. The zero-order chi connectivity index (χ0) is 16.5. The molecule has 6 nitrogen and oxygen atoms in total. The first kappa shape index (κ1) is 15.0. The Bertz CT molecular complexity index is 840. The monoisotopic (exact) mass is 327 g/mol. The van der Waals surface area contributed by atoms with E-state index in [9.17, 15) is 9.50 Å². The summed E-state index contributed by atoms with van der Waals surface area (Å²) in [6, 6.07) is 7.10. The Kier molecular flexibility index (Phi) is 3.86. The molecule has 1 fully saturated rings. The van der Waals surface area contributed by atoms with E-state index >= 15 is 0 Å². The SMILES string of the molecule is O[C@H]1CC[C@H](Nc2ccc3ncc(-c4ccc(F)nc4)n3n2)CC1. The molecule has 0 unspecified atom stereocenters. The molecule has 0 atom stereocenters. The lowest BCUT2D eigenvalue weighted by atomic mass is 9.93. The Labute approximate surface area is 138 Å². The minimum Gasteiger partial charge on any atom is -0.393 e. The number of aliphatic hydroxyl groups is 1. The van der Waals surface area contributed by atoms with Crippen LogP contribution in [0.4, 0.5) is 10.2 Å². The summed E-state index contributed by atoms with van der Waals surface area (Å²) in [7, 11) is 0.